The molecule has 1 aliphatic heterocycles. The Bertz CT molecular complexity index is 836. The van der Waals surface area contributed by atoms with Crippen molar-refractivity contribution in [2.45, 2.75) is 20.3 Å². The molecule has 0 saturated heterocycles. The molecule has 0 spiro atoms. The molecule has 30 heavy (non-hydrogen) atoms. The van der Waals surface area contributed by atoms with Crippen LogP contribution in [0.2, 0.25) is 0 Å². The van der Waals surface area contributed by atoms with Crippen molar-refractivity contribution in [3.8, 4) is 11.4 Å². The lowest BCUT2D eigenvalue weighted by Gasteiger charge is -2.30. The molecule has 3 rings (SSSR count). The SMILES string of the molecule is CCN(C[C@H](C)COC)C(=O)CN1CC=C(c2ccc(-c3ncccn3)cc2)CC1. The highest BCUT2D eigenvalue weighted by Gasteiger charge is 2.20. The van der Waals surface area contributed by atoms with Crippen molar-refractivity contribution in [1.29, 1.82) is 0 Å². The minimum absolute atomic E-state index is 0.199. The summed E-state index contributed by atoms with van der Waals surface area (Å²) < 4.78 is 5.20. The third-order valence-corrected chi connectivity index (χ3v) is 5.45. The number of rotatable bonds is 9. The van der Waals surface area contributed by atoms with Crippen LogP contribution >= 0.6 is 0 Å². The van der Waals surface area contributed by atoms with Crippen LogP contribution in [0.15, 0.2) is 48.8 Å². The fourth-order valence-corrected chi connectivity index (χ4v) is 3.81. The van der Waals surface area contributed by atoms with Crippen LogP contribution in [0.3, 0.4) is 0 Å². The van der Waals surface area contributed by atoms with E-state index >= 15 is 0 Å². The molecular weight excluding hydrogens is 376 g/mol. The molecule has 0 N–H and O–H groups in total. The number of aromatic nitrogens is 2. The Morgan fingerprint density at radius 3 is 2.50 bits per heavy atom. The molecule has 6 nitrogen and oxygen atoms in total. The molecule has 1 aromatic carbocycles. The van der Waals surface area contributed by atoms with Gasteiger partial charge in [0.05, 0.1) is 13.2 Å². The van der Waals surface area contributed by atoms with E-state index in [0.717, 1.165) is 44.0 Å². The summed E-state index contributed by atoms with van der Waals surface area (Å²) in [6, 6.07) is 10.2. The molecule has 2 aromatic rings. The second-order valence-electron chi connectivity index (χ2n) is 7.86. The van der Waals surface area contributed by atoms with Gasteiger partial charge in [0.15, 0.2) is 5.82 Å². The van der Waals surface area contributed by atoms with Gasteiger partial charge in [-0.1, -0.05) is 37.3 Å². The predicted molar refractivity (Wildman–Crippen MR) is 120 cm³/mol. The highest BCUT2D eigenvalue weighted by Crippen LogP contribution is 2.24. The van der Waals surface area contributed by atoms with Gasteiger partial charge in [0.2, 0.25) is 5.91 Å². The maximum atomic E-state index is 12.7. The Kier molecular flexibility index (Phi) is 8.11. The summed E-state index contributed by atoms with van der Waals surface area (Å²) in [5, 5.41) is 0. The van der Waals surface area contributed by atoms with Crippen molar-refractivity contribution in [3.63, 3.8) is 0 Å². The number of benzene rings is 1. The monoisotopic (exact) mass is 408 g/mol. The molecule has 0 radical (unpaired) electrons. The van der Waals surface area contributed by atoms with Gasteiger partial charge < -0.3 is 9.64 Å². The topological polar surface area (TPSA) is 58.6 Å². The van der Waals surface area contributed by atoms with Gasteiger partial charge in [-0.3, -0.25) is 9.69 Å². The smallest absolute Gasteiger partial charge is 0.236 e. The molecule has 1 amide bonds. The fraction of sp³-hybridized carbons (Fsp3) is 0.458. The van der Waals surface area contributed by atoms with Crippen molar-refractivity contribution in [2.24, 2.45) is 5.92 Å². The summed E-state index contributed by atoms with van der Waals surface area (Å²) in [5.41, 5.74) is 3.58. The van der Waals surface area contributed by atoms with Gasteiger partial charge in [0.25, 0.3) is 0 Å². The number of hydrogen-bond acceptors (Lipinski definition) is 5. The Hall–Kier alpha value is -2.57. The molecule has 0 bridgehead atoms. The number of carbonyl (C=O) groups is 1. The van der Waals surface area contributed by atoms with Crippen molar-refractivity contribution in [2.75, 3.05) is 46.4 Å². The molecule has 0 saturated carbocycles. The van der Waals surface area contributed by atoms with Crippen LogP contribution in [-0.4, -0.2) is 72.1 Å². The van der Waals surface area contributed by atoms with E-state index in [1.807, 2.05) is 17.9 Å². The molecule has 6 heteroatoms. The summed E-state index contributed by atoms with van der Waals surface area (Å²) in [5.74, 6) is 1.28. The second-order valence-corrected chi connectivity index (χ2v) is 7.86. The van der Waals surface area contributed by atoms with Crippen LogP contribution in [0.5, 0.6) is 0 Å². The molecule has 1 aromatic heterocycles. The largest absolute Gasteiger partial charge is 0.384 e. The van der Waals surface area contributed by atoms with Crippen LogP contribution < -0.4 is 0 Å². The van der Waals surface area contributed by atoms with Gasteiger partial charge in [-0.05, 0) is 36.5 Å². The molecule has 1 aliphatic rings. The van der Waals surface area contributed by atoms with Crippen LogP contribution in [-0.2, 0) is 9.53 Å². The highest BCUT2D eigenvalue weighted by molar-refractivity contribution is 5.78. The number of amides is 1. The maximum absolute atomic E-state index is 12.7. The van der Waals surface area contributed by atoms with Crippen LogP contribution in [0.1, 0.15) is 25.8 Å². The number of likely N-dealkylation sites (N-methyl/N-ethyl adjacent to an activating group) is 1. The Morgan fingerprint density at radius 2 is 1.90 bits per heavy atom. The van der Waals surface area contributed by atoms with Crippen molar-refractivity contribution in [3.05, 3.63) is 54.4 Å². The van der Waals surface area contributed by atoms with E-state index in [1.165, 1.54) is 11.1 Å². The number of hydrogen-bond donors (Lipinski definition) is 0. The quantitative estimate of drug-likeness (QED) is 0.637. The van der Waals surface area contributed by atoms with E-state index in [4.69, 9.17) is 4.74 Å². The van der Waals surface area contributed by atoms with Crippen molar-refractivity contribution < 1.29 is 9.53 Å². The van der Waals surface area contributed by atoms with Crippen molar-refractivity contribution >= 4 is 11.5 Å². The minimum atomic E-state index is 0.199. The van der Waals surface area contributed by atoms with Gasteiger partial charge in [0, 0.05) is 51.2 Å². The normalized spacial score (nSPS) is 15.5. The van der Waals surface area contributed by atoms with Gasteiger partial charge in [0.1, 0.15) is 0 Å². The molecular formula is C24H32N4O2. The molecule has 0 unspecified atom stereocenters. The van der Waals surface area contributed by atoms with E-state index in [-0.39, 0.29) is 5.91 Å². The van der Waals surface area contributed by atoms with Crippen LogP contribution in [0, 0.1) is 5.92 Å². The number of ether oxygens (including phenoxy) is 1. The van der Waals surface area contributed by atoms with E-state index < -0.39 is 0 Å². The second kappa shape index (κ2) is 11.0. The Balaban J connectivity index is 1.55. The fourth-order valence-electron chi connectivity index (χ4n) is 3.81. The predicted octanol–water partition coefficient (Wildman–Crippen LogP) is 3.36. The van der Waals surface area contributed by atoms with Gasteiger partial charge in [-0.15, -0.1) is 0 Å². The first-order valence-corrected chi connectivity index (χ1v) is 10.7. The third-order valence-electron chi connectivity index (χ3n) is 5.45. The molecule has 0 aliphatic carbocycles. The zero-order valence-electron chi connectivity index (χ0n) is 18.3. The Labute approximate surface area is 179 Å². The van der Waals surface area contributed by atoms with E-state index in [0.29, 0.717) is 19.1 Å². The zero-order chi connectivity index (χ0) is 21.3. The summed E-state index contributed by atoms with van der Waals surface area (Å²) in [4.78, 5) is 25.5. The van der Waals surface area contributed by atoms with Crippen molar-refractivity contribution in [1.82, 2.24) is 19.8 Å². The molecule has 160 valence electrons. The van der Waals surface area contributed by atoms with E-state index in [1.54, 1.807) is 19.5 Å². The standard InChI is InChI=1S/C24H32N4O2/c1-4-28(16-19(2)18-30-3)23(29)17-27-14-10-21(11-15-27)20-6-8-22(9-7-20)24-25-12-5-13-26-24/h5-10,12-13,19H,4,11,14-18H2,1-3H3/t19-/m0/s1. The summed E-state index contributed by atoms with van der Waals surface area (Å²) in [7, 11) is 1.70. The maximum Gasteiger partial charge on any atom is 0.236 e. The lowest BCUT2D eigenvalue weighted by Crippen LogP contribution is -2.43. The molecule has 1 atom stereocenters. The Morgan fingerprint density at radius 1 is 1.20 bits per heavy atom. The van der Waals surface area contributed by atoms with Crippen LogP contribution in [0.25, 0.3) is 17.0 Å². The number of carbonyl (C=O) groups excluding carboxylic acids is 1. The van der Waals surface area contributed by atoms with E-state index in [9.17, 15) is 4.79 Å². The zero-order valence-corrected chi connectivity index (χ0v) is 18.3. The van der Waals surface area contributed by atoms with Gasteiger partial charge >= 0.3 is 0 Å². The summed E-state index contributed by atoms with van der Waals surface area (Å²) in [6.45, 7) is 8.48. The first-order chi connectivity index (χ1) is 14.6. The minimum Gasteiger partial charge on any atom is -0.384 e. The number of methoxy groups -OCH3 is 1. The number of nitrogens with zero attached hydrogens (tertiary/aromatic N) is 4. The lowest BCUT2D eigenvalue weighted by molar-refractivity contribution is -0.132. The molecule has 0 fully saturated rings. The summed E-state index contributed by atoms with van der Waals surface area (Å²) in [6.07, 6.45) is 6.71. The van der Waals surface area contributed by atoms with Crippen LogP contribution in [0.4, 0.5) is 0 Å². The lowest BCUT2D eigenvalue weighted by atomic mass is 9.98. The van der Waals surface area contributed by atoms with Gasteiger partial charge in [-0.2, -0.15) is 0 Å². The average molecular weight is 409 g/mol. The highest BCUT2D eigenvalue weighted by atomic mass is 16.5. The first-order valence-electron chi connectivity index (χ1n) is 10.7. The molecule has 2 heterocycles. The summed E-state index contributed by atoms with van der Waals surface area (Å²) >= 11 is 0. The third kappa shape index (κ3) is 5.97. The van der Waals surface area contributed by atoms with E-state index in [2.05, 4.69) is 52.1 Å². The van der Waals surface area contributed by atoms with Gasteiger partial charge in [-0.25, -0.2) is 9.97 Å². The average Bonchev–Trinajstić information content (AvgIpc) is 2.79. The first kappa shape index (κ1) is 22.1.